The molecule has 1 aromatic carbocycles. The molecule has 0 aromatic heterocycles. The molecule has 1 saturated carbocycles. The van der Waals surface area contributed by atoms with Crippen molar-refractivity contribution in [1.29, 1.82) is 0 Å². The van der Waals surface area contributed by atoms with Crippen molar-refractivity contribution in [1.82, 2.24) is 4.90 Å². The van der Waals surface area contributed by atoms with Crippen LogP contribution >= 0.6 is 0 Å². The van der Waals surface area contributed by atoms with Crippen LogP contribution in [0.25, 0.3) is 0 Å². The molecule has 1 heterocycles. The highest BCUT2D eigenvalue weighted by molar-refractivity contribution is 5.89. The summed E-state index contributed by atoms with van der Waals surface area (Å²) in [4.78, 5) is 31.1. The number of esters is 1. The lowest BCUT2D eigenvalue weighted by molar-refractivity contribution is -0.0103. The summed E-state index contributed by atoms with van der Waals surface area (Å²) < 4.78 is 38.6. The van der Waals surface area contributed by atoms with Gasteiger partial charge in [0.15, 0.2) is 0 Å². The van der Waals surface area contributed by atoms with Gasteiger partial charge in [-0.25, -0.2) is 18.4 Å². The number of halogens is 2. The monoisotopic (exact) mass is 466 g/mol. The number of hydrogen-bond acceptors (Lipinski definition) is 6. The maximum atomic E-state index is 14.5. The van der Waals surface area contributed by atoms with Crippen molar-refractivity contribution in [2.45, 2.75) is 76.9 Å². The molecular formula is C24H32F2N2O5. The Balaban J connectivity index is 1.48. The van der Waals surface area contributed by atoms with Gasteiger partial charge in [-0.1, -0.05) is 5.16 Å². The van der Waals surface area contributed by atoms with E-state index >= 15 is 0 Å². The van der Waals surface area contributed by atoms with Crippen molar-refractivity contribution in [3.8, 4) is 0 Å². The number of hydrogen-bond donors (Lipinski definition) is 0. The lowest BCUT2D eigenvalue weighted by Gasteiger charge is -2.32. The fourth-order valence-electron chi connectivity index (χ4n) is 4.11. The topological polar surface area (TPSA) is 77.4 Å². The van der Waals surface area contributed by atoms with Gasteiger partial charge in [-0.2, -0.15) is 0 Å². The molecule has 0 unspecified atom stereocenters. The van der Waals surface area contributed by atoms with Crippen LogP contribution in [0.5, 0.6) is 0 Å². The number of oxime groups is 1. The van der Waals surface area contributed by atoms with Gasteiger partial charge in [-0.15, -0.1) is 0 Å². The van der Waals surface area contributed by atoms with Crippen LogP contribution in [-0.2, 0) is 14.3 Å². The number of piperidine rings is 1. The summed E-state index contributed by atoms with van der Waals surface area (Å²) >= 11 is 0. The average molecular weight is 467 g/mol. The van der Waals surface area contributed by atoms with Gasteiger partial charge >= 0.3 is 12.1 Å². The van der Waals surface area contributed by atoms with E-state index in [4.69, 9.17) is 9.57 Å². The van der Waals surface area contributed by atoms with Gasteiger partial charge in [0, 0.05) is 25.9 Å². The molecule has 2 aliphatic rings. The fraction of sp³-hybridized carbons (Fsp3) is 0.625. The van der Waals surface area contributed by atoms with E-state index in [9.17, 15) is 18.4 Å². The standard InChI is InChI=1S/C24H32F2N2O5/c1-24(2,3)32-23(30)28-11-9-17(10-12-28)33-27-16-7-5-15(6-8-16)18-13-21(26)19(14-20(18)25)22(29)31-4/h13-15,17H,5-12H2,1-4H3. The van der Waals surface area contributed by atoms with Crippen molar-refractivity contribution in [2.24, 2.45) is 5.16 Å². The Kier molecular flexibility index (Phi) is 7.92. The van der Waals surface area contributed by atoms with Crippen molar-refractivity contribution < 1.29 is 32.7 Å². The maximum Gasteiger partial charge on any atom is 0.410 e. The van der Waals surface area contributed by atoms with Gasteiger partial charge in [0.25, 0.3) is 0 Å². The number of likely N-dealkylation sites (tertiary alicyclic amines) is 1. The Morgan fingerprint density at radius 3 is 2.24 bits per heavy atom. The first-order valence-corrected chi connectivity index (χ1v) is 11.3. The quantitative estimate of drug-likeness (QED) is 0.451. The van der Waals surface area contributed by atoms with E-state index in [0.29, 0.717) is 51.6 Å². The molecule has 0 N–H and O–H groups in total. The lowest BCUT2D eigenvalue weighted by Crippen LogP contribution is -2.43. The number of nitrogens with zero attached hydrogens (tertiary/aromatic N) is 2. The van der Waals surface area contributed by atoms with Crippen LogP contribution in [0.2, 0.25) is 0 Å². The predicted octanol–water partition coefficient (Wildman–Crippen LogP) is 5.18. The van der Waals surface area contributed by atoms with Gasteiger partial charge in [0.2, 0.25) is 0 Å². The zero-order valence-electron chi connectivity index (χ0n) is 19.7. The van der Waals surface area contributed by atoms with Crippen LogP contribution in [-0.4, -0.2) is 54.6 Å². The SMILES string of the molecule is COC(=O)c1cc(F)c(C2CCC(=NOC3CCN(C(=O)OC(C)(C)C)CC3)CC2)cc1F. The second-order valence-corrected chi connectivity index (χ2v) is 9.55. The molecule has 1 aliphatic carbocycles. The van der Waals surface area contributed by atoms with Gasteiger partial charge < -0.3 is 19.2 Å². The molecule has 1 aromatic rings. The molecule has 2 fully saturated rings. The summed E-state index contributed by atoms with van der Waals surface area (Å²) in [6.07, 6.45) is 3.47. The molecule has 0 radical (unpaired) electrons. The van der Waals surface area contributed by atoms with E-state index in [1.54, 1.807) is 4.90 Å². The Bertz CT molecular complexity index is 895. The third-order valence-electron chi connectivity index (χ3n) is 5.92. The molecule has 1 saturated heterocycles. The highest BCUT2D eigenvalue weighted by Gasteiger charge is 2.29. The zero-order chi connectivity index (χ0) is 24.2. The molecule has 0 spiro atoms. The molecule has 0 atom stereocenters. The summed E-state index contributed by atoms with van der Waals surface area (Å²) in [5.74, 6) is -2.43. The average Bonchev–Trinajstić information content (AvgIpc) is 2.78. The molecule has 1 amide bonds. The normalized spacial score (nSPS) is 19.8. The van der Waals surface area contributed by atoms with E-state index in [-0.39, 0.29) is 23.7 Å². The maximum absolute atomic E-state index is 14.5. The number of carbonyl (C=O) groups is 2. The van der Waals surface area contributed by atoms with Gasteiger partial charge in [-0.05, 0) is 70.1 Å². The highest BCUT2D eigenvalue weighted by atomic mass is 19.1. The first-order valence-electron chi connectivity index (χ1n) is 11.3. The first kappa shape index (κ1) is 24.9. The second kappa shape index (κ2) is 10.5. The zero-order valence-corrected chi connectivity index (χ0v) is 19.7. The van der Waals surface area contributed by atoms with E-state index in [0.717, 1.165) is 25.0 Å². The van der Waals surface area contributed by atoms with Gasteiger partial charge in [0.05, 0.1) is 18.4 Å². The number of amides is 1. The van der Waals surface area contributed by atoms with Crippen LogP contribution in [0.4, 0.5) is 13.6 Å². The van der Waals surface area contributed by atoms with Gasteiger partial charge in [0.1, 0.15) is 23.3 Å². The minimum atomic E-state index is -0.898. The molecule has 1 aliphatic heterocycles. The summed E-state index contributed by atoms with van der Waals surface area (Å²) in [5, 5.41) is 4.31. The molecule has 9 heteroatoms. The predicted molar refractivity (Wildman–Crippen MR) is 118 cm³/mol. The molecule has 0 bridgehead atoms. The fourth-order valence-corrected chi connectivity index (χ4v) is 4.11. The number of carbonyl (C=O) groups excluding carboxylic acids is 2. The van der Waals surface area contributed by atoms with Crippen molar-refractivity contribution in [2.75, 3.05) is 20.2 Å². The van der Waals surface area contributed by atoms with Crippen LogP contribution in [0.1, 0.15) is 81.1 Å². The minimum absolute atomic E-state index is 0.0636. The minimum Gasteiger partial charge on any atom is -0.465 e. The van der Waals surface area contributed by atoms with Crippen LogP contribution in [0.3, 0.4) is 0 Å². The van der Waals surface area contributed by atoms with E-state index in [1.807, 2.05) is 20.8 Å². The van der Waals surface area contributed by atoms with Crippen molar-refractivity contribution in [3.63, 3.8) is 0 Å². The Morgan fingerprint density at radius 2 is 1.67 bits per heavy atom. The second-order valence-electron chi connectivity index (χ2n) is 9.55. The molecular weight excluding hydrogens is 434 g/mol. The number of rotatable bonds is 4. The highest BCUT2D eigenvalue weighted by Crippen LogP contribution is 2.34. The third-order valence-corrected chi connectivity index (χ3v) is 5.92. The van der Waals surface area contributed by atoms with E-state index < -0.39 is 28.8 Å². The largest absolute Gasteiger partial charge is 0.465 e. The lowest BCUT2D eigenvalue weighted by atomic mass is 9.82. The number of ether oxygens (including phenoxy) is 2. The Hall–Kier alpha value is -2.71. The number of methoxy groups -OCH3 is 1. The number of benzene rings is 1. The molecule has 3 rings (SSSR count). The Morgan fingerprint density at radius 1 is 1.03 bits per heavy atom. The van der Waals surface area contributed by atoms with Crippen molar-refractivity contribution >= 4 is 17.8 Å². The summed E-state index contributed by atoms with van der Waals surface area (Å²) in [5.41, 5.74) is 0.248. The molecule has 7 nitrogen and oxygen atoms in total. The van der Waals surface area contributed by atoms with E-state index in [2.05, 4.69) is 9.89 Å². The third kappa shape index (κ3) is 6.65. The summed E-state index contributed by atoms with van der Waals surface area (Å²) in [7, 11) is 1.13. The summed E-state index contributed by atoms with van der Waals surface area (Å²) in [6, 6.07) is 2.01. The van der Waals surface area contributed by atoms with E-state index in [1.165, 1.54) is 0 Å². The molecule has 182 valence electrons. The first-order chi connectivity index (χ1) is 15.6. The Labute approximate surface area is 193 Å². The smallest absolute Gasteiger partial charge is 0.410 e. The van der Waals surface area contributed by atoms with Crippen molar-refractivity contribution in [3.05, 3.63) is 34.9 Å². The van der Waals surface area contributed by atoms with Gasteiger partial charge in [-0.3, -0.25) is 0 Å². The van der Waals surface area contributed by atoms with Crippen LogP contribution in [0, 0.1) is 11.6 Å². The molecule has 33 heavy (non-hydrogen) atoms. The summed E-state index contributed by atoms with van der Waals surface area (Å²) in [6.45, 7) is 6.63. The van der Waals surface area contributed by atoms with Crippen LogP contribution in [0.15, 0.2) is 17.3 Å². The van der Waals surface area contributed by atoms with Crippen LogP contribution < -0.4 is 0 Å².